The van der Waals surface area contributed by atoms with E-state index in [4.69, 9.17) is 4.55 Å². The molecule has 0 radical (unpaired) electrons. The average Bonchev–Trinajstić information content (AvgIpc) is 2.65. The van der Waals surface area contributed by atoms with Crippen LogP contribution >= 0.6 is 0 Å². The van der Waals surface area contributed by atoms with Crippen molar-refractivity contribution in [2.45, 2.75) is 5.75 Å². The van der Waals surface area contributed by atoms with Gasteiger partial charge in [0.1, 0.15) is 0 Å². The van der Waals surface area contributed by atoms with Crippen LogP contribution in [0.5, 0.6) is 0 Å². The third-order valence-electron chi connectivity index (χ3n) is 2.39. The van der Waals surface area contributed by atoms with Crippen LogP contribution in [-0.2, 0) is 16.8 Å². The number of urea groups is 1. The first-order valence-corrected chi connectivity index (χ1v) is 6.16. The molecule has 16 heavy (non-hydrogen) atoms. The zero-order valence-electron chi connectivity index (χ0n) is 8.55. The van der Waals surface area contributed by atoms with E-state index in [0.717, 1.165) is 11.3 Å². The summed E-state index contributed by atoms with van der Waals surface area (Å²) < 4.78 is 19.3. The summed E-state index contributed by atoms with van der Waals surface area (Å²) in [5.41, 5.74) is 1.59. The molecule has 6 heteroatoms. The smallest absolute Gasteiger partial charge is 0.321 e. The lowest BCUT2D eigenvalue weighted by Gasteiger charge is -2.14. The van der Waals surface area contributed by atoms with E-state index in [-0.39, 0.29) is 11.8 Å². The van der Waals surface area contributed by atoms with Crippen molar-refractivity contribution < 1.29 is 13.6 Å². The standard InChI is InChI=1S/C10H12N2O3S/c13-10-11-5-6-12(10)9-3-1-8(2-4-9)7-16(14)15/h1-4H,5-7H2,(H,11,13)(H,14,15). The van der Waals surface area contributed by atoms with Gasteiger partial charge in [0.15, 0.2) is 11.1 Å². The first-order chi connectivity index (χ1) is 7.66. The minimum absolute atomic E-state index is 0.0986. The Hall–Kier alpha value is -1.40. The van der Waals surface area contributed by atoms with Gasteiger partial charge in [-0.2, -0.15) is 0 Å². The summed E-state index contributed by atoms with van der Waals surface area (Å²) in [5.74, 6) is 0.118. The van der Waals surface area contributed by atoms with E-state index in [9.17, 15) is 9.00 Å². The van der Waals surface area contributed by atoms with Crippen molar-refractivity contribution in [2.24, 2.45) is 0 Å². The summed E-state index contributed by atoms with van der Waals surface area (Å²) in [6.07, 6.45) is 0. The highest BCUT2D eigenvalue weighted by Gasteiger charge is 2.20. The molecule has 86 valence electrons. The topological polar surface area (TPSA) is 69.6 Å². The molecule has 1 aromatic rings. The monoisotopic (exact) mass is 240 g/mol. The molecule has 1 saturated heterocycles. The molecule has 1 aliphatic rings. The van der Waals surface area contributed by atoms with Crippen molar-refractivity contribution in [3.05, 3.63) is 29.8 Å². The lowest BCUT2D eigenvalue weighted by molar-refractivity contribution is 0.252. The van der Waals surface area contributed by atoms with Gasteiger partial charge in [0, 0.05) is 18.8 Å². The van der Waals surface area contributed by atoms with Gasteiger partial charge in [-0.15, -0.1) is 0 Å². The van der Waals surface area contributed by atoms with Crippen LogP contribution in [0.3, 0.4) is 0 Å². The summed E-state index contributed by atoms with van der Waals surface area (Å²) in [5, 5.41) is 2.71. The van der Waals surface area contributed by atoms with Gasteiger partial charge in [-0.1, -0.05) is 12.1 Å². The predicted molar refractivity (Wildman–Crippen MR) is 61.7 cm³/mol. The van der Waals surface area contributed by atoms with Crippen molar-refractivity contribution in [3.8, 4) is 0 Å². The number of amides is 2. The molecule has 1 aromatic carbocycles. The largest absolute Gasteiger partial charge is 0.336 e. The Morgan fingerprint density at radius 2 is 2.06 bits per heavy atom. The van der Waals surface area contributed by atoms with E-state index in [0.29, 0.717) is 13.1 Å². The van der Waals surface area contributed by atoms with Gasteiger partial charge >= 0.3 is 6.03 Å². The second-order valence-corrected chi connectivity index (χ2v) is 4.45. The Labute approximate surface area is 95.7 Å². The number of nitrogens with zero attached hydrogens (tertiary/aromatic N) is 1. The van der Waals surface area contributed by atoms with Crippen LogP contribution in [0.15, 0.2) is 24.3 Å². The Morgan fingerprint density at radius 1 is 1.38 bits per heavy atom. The van der Waals surface area contributed by atoms with E-state index >= 15 is 0 Å². The van der Waals surface area contributed by atoms with E-state index in [1.54, 1.807) is 29.2 Å². The molecule has 2 N–H and O–H groups in total. The lowest BCUT2D eigenvalue weighted by atomic mass is 10.2. The number of anilines is 1. The van der Waals surface area contributed by atoms with E-state index in [1.807, 2.05) is 0 Å². The fraction of sp³-hybridized carbons (Fsp3) is 0.300. The SMILES string of the molecule is O=C1NCCN1c1ccc(CS(=O)O)cc1. The van der Waals surface area contributed by atoms with Crippen LogP contribution in [0, 0.1) is 0 Å². The predicted octanol–water partition coefficient (Wildman–Crippen LogP) is 0.938. The second-order valence-electron chi connectivity index (χ2n) is 3.52. The van der Waals surface area contributed by atoms with Crippen molar-refractivity contribution in [3.63, 3.8) is 0 Å². The van der Waals surface area contributed by atoms with Gasteiger partial charge in [-0.05, 0) is 17.7 Å². The van der Waals surface area contributed by atoms with Gasteiger partial charge in [-0.25, -0.2) is 9.00 Å². The average molecular weight is 240 g/mol. The maximum Gasteiger partial charge on any atom is 0.321 e. The molecule has 5 nitrogen and oxygen atoms in total. The summed E-state index contributed by atoms with van der Waals surface area (Å²) in [4.78, 5) is 13.0. The molecule has 1 heterocycles. The second kappa shape index (κ2) is 4.63. The Bertz CT molecular complexity index is 419. The molecule has 0 aliphatic carbocycles. The van der Waals surface area contributed by atoms with Crippen LogP contribution < -0.4 is 10.2 Å². The third kappa shape index (κ3) is 2.40. The normalized spacial score (nSPS) is 17.3. The molecule has 1 atom stereocenters. The fourth-order valence-electron chi connectivity index (χ4n) is 1.63. The first-order valence-electron chi connectivity index (χ1n) is 4.88. The highest BCUT2D eigenvalue weighted by molar-refractivity contribution is 7.78. The number of carbonyl (C=O) groups is 1. The summed E-state index contributed by atoms with van der Waals surface area (Å²) in [6, 6.07) is 6.99. The number of benzene rings is 1. The molecule has 0 bridgehead atoms. The maximum absolute atomic E-state index is 11.4. The van der Waals surface area contributed by atoms with Crippen LogP contribution in [0.25, 0.3) is 0 Å². The van der Waals surface area contributed by atoms with Crippen LogP contribution in [0.4, 0.5) is 10.5 Å². The highest BCUT2D eigenvalue weighted by atomic mass is 32.2. The third-order valence-corrected chi connectivity index (χ3v) is 2.98. The van der Waals surface area contributed by atoms with Crippen LogP contribution in [0.1, 0.15) is 5.56 Å². The van der Waals surface area contributed by atoms with Crippen molar-refractivity contribution in [1.29, 1.82) is 0 Å². The summed E-state index contributed by atoms with van der Waals surface area (Å²) in [7, 11) is 0. The number of carbonyl (C=O) groups excluding carboxylic acids is 1. The van der Waals surface area contributed by atoms with Crippen LogP contribution in [-0.4, -0.2) is 27.9 Å². The highest BCUT2D eigenvalue weighted by Crippen LogP contribution is 2.17. The van der Waals surface area contributed by atoms with Gasteiger partial charge < -0.3 is 9.87 Å². The van der Waals surface area contributed by atoms with Crippen molar-refractivity contribution in [1.82, 2.24) is 5.32 Å². The Morgan fingerprint density at radius 3 is 2.56 bits per heavy atom. The minimum Gasteiger partial charge on any atom is -0.336 e. The molecule has 1 unspecified atom stereocenters. The molecule has 2 rings (SSSR count). The fourth-order valence-corrected chi connectivity index (χ4v) is 2.11. The number of nitrogens with one attached hydrogen (secondary N) is 1. The zero-order chi connectivity index (χ0) is 11.5. The summed E-state index contributed by atoms with van der Waals surface area (Å²) >= 11 is -1.82. The number of hydrogen-bond acceptors (Lipinski definition) is 2. The Kier molecular flexibility index (Phi) is 3.21. The molecule has 0 aromatic heterocycles. The first kappa shape index (κ1) is 11.1. The molecular formula is C10H12N2O3S. The molecule has 1 fully saturated rings. The summed E-state index contributed by atoms with van der Waals surface area (Å²) in [6.45, 7) is 1.31. The molecule has 0 saturated carbocycles. The van der Waals surface area contributed by atoms with Crippen molar-refractivity contribution >= 4 is 22.8 Å². The van der Waals surface area contributed by atoms with Gasteiger partial charge in [-0.3, -0.25) is 4.90 Å². The van der Waals surface area contributed by atoms with Gasteiger partial charge in [0.25, 0.3) is 0 Å². The lowest BCUT2D eigenvalue weighted by Crippen LogP contribution is -2.27. The molecule has 2 amide bonds. The zero-order valence-corrected chi connectivity index (χ0v) is 9.37. The number of hydrogen-bond donors (Lipinski definition) is 2. The van der Waals surface area contributed by atoms with E-state index in [1.165, 1.54) is 0 Å². The Balaban J connectivity index is 2.12. The minimum atomic E-state index is -1.82. The van der Waals surface area contributed by atoms with Crippen LogP contribution in [0.2, 0.25) is 0 Å². The van der Waals surface area contributed by atoms with Crippen molar-refractivity contribution in [2.75, 3.05) is 18.0 Å². The molecular weight excluding hydrogens is 228 g/mol. The molecule has 1 aliphatic heterocycles. The molecule has 0 spiro atoms. The number of rotatable bonds is 3. The van der Waals surface area contributed by atoms with E-state index < -0.39 is 11.1 Å². The quantitative estimate of drug-likeness (QED) is 0.772. The van der Waals surface area contributed by atoms with Gasteiger partial charge in [0.2, 0.25) is 0 Å². The van der Waals surface area contributed by atoms with E-state index in [2.05, 4.69) is 5.32 Å². The van der Waals surface area contributed by atoms with Gasteiger partial charge in [0.05, 0.1) is 5.75 Å². The maximum atomic E-state index is 11.4.